The standard InChI is InChI=1S/C18H28N2/c1-14(2)11-16-13-20(10-6-9-19-16)18-12-17(18)15-7-4-3-5-8-15/h3-5,7-8,14,16-19H,6,9-13H2,1-2H3. The molecule has 2 aliphatic rings. The Kier molecular flexibility index (Phi) is 4.42. The fourth-order valence-corrected chi connectivity index (χ4v) is 3.70. The maximum Gasteiger partial charge on any atom is 0.0197 e. The first-order valence-corrected chi connectivity index (χ1v) is 8.26. The maximum atomic E-state index is 3.74. The van der Waals surface area contributed by atoms with Gasteiger partial charge in [-0.25, -0.2) is 0 Å². The molecular weight excluding hydrogens is 244 g/mol. The summed E-state index contributed by atoms with van der Waals surface area (Å²) >= 11 is 0. The molecule has 2 heteroatoms. The highest BCUT2D eigenvalue weighted by molar-refractivity contribution is 5.27. The first kappa shape index (κ1) is 14.1. The van der Waals surface area contributed by atoms with E-state index in [-0.39, 0.29) is 0 Å². The van der Waals surface area contributed by atoms with E-state index in [4.69, 9.17) is 0 Å². The molecule has 3 atom stereocenters. The van der Waals surface area contributed by atoms with Crippen LogP contribution >= 0.6 is 0 Å². The Hall–Kier alpha value is -0.860. The molecule has 0 aromatic heterocycles. The van der Waals surface area contributed by atoms with Gasteiger partial charge in [-0.3, -0.25) is 4.90 Å². The van der Waals surface area contributed by atoms with Crippen molar-refractivity contribution in [2.75, 3.05) is 19.6 Å². The highest BCUT2D eigenvalue weighted by Gasteiger charge is 2.43. The van der Waals surface area contributed by atoms with E-state index in [9.17, 15) is 0 Å². The lowest BCUT2D eigenvalue weighted by Crippen LogP contribution is -2.39. The van der Waals surface area contributed by atoms with E-state index in [0.29, 0.717) is 6.04 Å². The average molecular weight is 272 g/mol. The number of rotatable bonds is 4. The predicted octanol–water partition coefficient (Wildman–Crippen LogP) is 3.25. The third kappa shape index (κ3) is 3.42. The van der Waals surface area contributed by atoms with Crippen LogP contribution in [0.15, 0.2) is 30.3 Å². The summed E-state index contributed by atoms with van der Waals surface area (Å²) in [5.74, 6) is 1.57. The zero-order chi connectivity index (χ0) is 13.9. The highest BCUT2D eigenvalue weighted by atomic mass is 15.2. The molecule has 1 saturated carbocycles. The molecule has 1 heterocycles. The van der Waals surface area contributed by atoms with Gasteiger partial charge in [0.1, 0.15) is 0 Å². The number of hydrogen-bond donors (Lipinski definition) is 1. The van der Waals surface area contributed by atoms with Gasteiger partial charge in [0.05, 0.1) is 0 Å². The molecule has 0 spiro atoms. The number of benzene rings is 1. The minimum Gasteiger partial charge on any atom is -0.313 e. The van der Waals surface area contributed by atoms with E-state index < -0.39 is 0 Å². The van der Waals surface area contributed by atoms with Crippen molar-refractivity contribution in [3.8, 4) is 0 Å². The monoisotopic (exact) mass is 272 g/mol. The summed E-state index contributed by atoms with van der Waals surface area (Å²) < 4.78 is 0. The molecule has 20 heavy (non-hydrogen) atoms. The van der Waals surface area contributed by atoms with Gasteiger partial charge < -0.3 is 5.32 Å². The van der Waals surface area contributed by atoms with Crippen LogP contribution in [0.3, 0.4) is 0 Å². The summed E-state index contributed by atoms with van der Waals surface area (Å²) in [5.41, 5.74) is 1.54. The van der Waals surface area contributed by atoms with E-state index in [1.54, 1.807) is 0 Å². The lowest BCUT2D eigenvalue weighted by molar-refractivity contribution is 0.242. The van der Waals surface area contributed by atoms with Gasteiger partial charge in [0.25, 0.3) is 0 Å². The molecule has 2 fully saturated rings. The van der Waals surface area contributed by atoms with Crippen LogP contribution in [0.1, 0.15) is 44.6 Å². The fraction of sp³-hybridized carbons (Fsp3) is 0.667. The molecule has 1 N–H and O–H groups in total. The van der Waals surface area contributed by atoms with E-state index in [1.165, 1.54) is 44.5 Å². The third-order valence-corrected chi connectivity index (χ3v) is 4.72. The largest absolute Gasteiger partial charge is 0.313 e. The van der Waals surface area contributed by atoms with Gasteiger partial charge in [-0.15, -0.1) is 0 Å². The summed E-state index contributed by atoms with van der Waals surface area (Å²) in [5, 5.41) is 3.74. The molecule has 3 unspecified atom stereocenters. The van der Waals surface area contributed by atoms with Crippen molar-refractivity contribution in [1.29, 1.82) is 0 Å². The van der Waals surface area contributed by atoms with Gasteiger partial charge in [-0.05, 0) is 43.8 Å². The van der Waals surface area contributed by atoms with Crippen molar-refractivity contribution in [1.82, 2.24) is 10.2 Å². The molecule has 2 nitrogen and oxygen atoms in total. The fourth-order valence-electron chi connectivity index (χ4n) is 3.70. The van der Waals surface area contributed by atoms with Crippen LogP contribution in [0.2, 0.25) is 0 Å². The van der Waals surface area contributed by atoms with Gasteiger partial charge in [-0.2, -0.15) is 0 Å². The van der Waals surface area contributed by atoms with Crippen LogP contribution in [0.5, 0.6) is 0 Å². The zero-order valence-electron chi connectivity index (χ0n) is 12.9. The van der Waals surface area contributed by atoms with Crippen molar-refractivity contribution < 1.29 is 0 Å². The topological polar surface area (TPSA) is 15.3 Å². The lowest BCUT2D eigenvalue weighted by Gasteiger charge is -2.26. The second-order valence-electron chi connectivity index (χ2n) is 6.95. The summed E-state index contributed by atoms with van der Waals surface area (Å²) in [6, 6.07) is 12.6. The van der Waals surface area contributed by atoms with Gasteiger partial charge in [0.2, 0.25) is 0 Å². The summed E-state index contributed by atoms with van der Waals surface area (Å²) in [7, 11) is 0. The highest BCUT2D eigenvalue weighted by Crippen LogP contribution is 2.44. The van der Waals surface area contributed by atoms with Crippen molar-refractivity contribution in [3.63, 3.8) is 0 Å². The Labute approximate surface area is 123 Å². The Morgan fingerprint density at radius 1 is 1.25 bits per heavy atom. The van der Waals surface area contributed by atoms with Crippen LogP contribution in [-0.2, 0) is 0 Å². The van der Waals surface area contributed by atoms with Crippen LogP contribution in [0.4, 0.5) is 0 Å². The van der Waals surface area contributed by atoms with Gasteiger partial charge in [0.15, 0.2) is 0 Å². The van der Waals surface area contributed by atoms with E-state index >= 15 is 0 Å². The lowest BCUT2D eigenvalue weighted by atomic mass is 10.0. The minimum absolute atomic E-state index is 0.689. The molecule has 0 bridgehead atoms. The molecule has 1 aliphatic carbocycles. The van der Waals surface area contributed by atoms with Crippen LogP contribution < -0.4 is 5.32 Å². The molecular formula is C18H28N2. The molecule has 3 rings (SSSR count). The van der Waals surface area contributed by atoms with Crippen LogP contribution in [0, 0.1) is 5.92 Å². The SMILES string of the molecule is CC(C)CC1CN(C2CC2c2ccccc2)CCCN1. The number of hydrogen-bond acceptors (Lipinski definition) is 2. The van der Waals surface area contributed by atoms with Crippen molar-refractivity contribution in [3.05, 3.63) is 35.9 Å². The quantitative estimate of drug-likeness (QED) is 0.905. The zero-order valence-corrected chi connectivity index (χ0v) is 12.9. The first-order valence-electron chi connectivity index (χ1n) is 8.26. The third-order valence-electron chi connectivity index (χ3n) is 4.72. The van der Waals surface area contributed by atoms with Crippen molar-refractivity contribution in [2.45, 2.75) is 51.1 Å². The molecule has 1 aromatic rings. The molecule has 1 aliphatic heterocycles. The number of nitrogens with zero attached hydrogens (tertiary/aromatic N) is 1. The normalized spacial score (nSPS) is 31.2. The minimum atomic E-state index is 0.689. The average Bonchev–Trinajstić information content (AvgIpc) is 3.22. The second-order valence-corrected chi connectivity index (χ2v) is 6.95. The van der Waals surface area contributed by atoms with Crippen molar-refractivity contribution in [2.24, 2.45) is 5.92 Å². The first-order chi connectivity index (χ1) is 9.74. The van der Waals surface area contributed by atoms with Gasteiger partial charge >= 0.3 is 0 Å². The summed E-state index contributed by atoms with van der Waals surface area (Å²) in [6.07, 6.45) is 3.96. The number of nitrogens with one attached hydrogen (secondary N) is 1. The van der Waals surface area contributed by atoms with Crippen LogP contribution in [-0.4, -0.2) is 36.6 Å². The predicted molar refractivity (Wildman–Crippen MR) is 85.0 cm³/mol. The Morgan fingerprint density at radius 3 is 2.80 bits per heavy atom. The summed E-state index contributed by atoms with van der Waals surface area (Å²) in [6.45, 7) is 8.38. The molecule has 1 aromatic carbocycles. The molecule has 110 valence electrons. The second kappa shape index (κ2) is 6.28. The Balaban J connectivity index is 1.60. The maximum absolute atomic E-state index is 3.74. The van der Waals surface area contributed by atoms with E-state index in [1.807, 2.05) is 0 Å². The van der Waals surface area contributed by atoms with Crippen LogP contribution in [0.25, 0.3) is 0 Å². The van der Waals surface area contributed by atoms with E-state index in [2.05, 4.69) is 54.4 Å². The van der Waals surface area contributed by atoms with Crippen molar-refractivity contribution >= 4 is 0 Å². The Morgan fingerprint density at radius 2 is 2.05 bits per heavy atom. The smallest absolute Gasteiger partial charge is 0.0197 e. The van der Waals surface area contributed by atoms with Gasteiger partial charge in [-0.1, -0.05) is 44.2 Å². The molecule has 0 amide bonds. The van der Waals surface area contributed by atoms with Gasteiger partial charge in [0, 0.05) is 24.5 Å². The molecule has 0 radical (unpaired) electrons. The summed E-state index contributed by atoms with van der Waals surface area (Å²) in [4.78, 5) is 2.75. The molecule has 1 saturated heterocycles. The Bertz CT molecular complexity index is 415. The van der Waals surface area contributed by atoms with E-state index in [0.717, 1.165) is 17.9 Å².